The van der Waals surface area contributed by atoms with Crippen LogP contribution < -0.4 is 0 Å². The molecule has 2 aromatic rings. The standard InChI is InChI=1S/C12H12ClN3O/c1-7-9(8(2)17)6-15-12(16-7)11-10(13)4-3-5-14-11/h3-6,8,17H,1-2H3/t8-/m0/s1. The quantitative estimate of drug-likeness (QED) is 0.889. The minimum absolute atomic E-state index is 0.470. The number of aryl methyl sites for hydroxylation is 1. The van der Waals surface area contributed by atoms with Gasteiger partial charge in [0, 0.05) is 23.7 Å². The van der Waals surface area contributed by atoms with Crippen LogP contribution in [0.3, 0.4) is 0 Å². The van der Waals surface area contributed by atoms with E-state index in [1.807, 2.05) is 6.92 Å². The first-order valence-corrected chi connectivity index (χ1v) is 5.60. The number of hydrogen-bond acceptors (Lipinski definition) is 4. The van der Waals surface area contributed by atoms with E-state index >= 15 is 0 Å². The summed E-state index contributed by atoms with van der Waals surface area (Å²) >= 11 is 6.02. The molecule has 0 aromatic carbocycles. The molecule has 2 rings (SSSR count). The number of aliphatic hydroxyl groups is 1. The van der Waals surface area contributed by atoms with Gasteiger partial charge in [-0.05, 0) is 26.0 Å². The van der Waals surface area contributed by atoms with Gasteiger partial charge in [0.1, 0.15) is 5.69 Å². The van der Waals surface area contributed by atoms with E-state index < -0.39 is 6.10 Å². The third-order valence-corrected chi connectivity index (χ3v) is 2.74. The monoisotopic (exact) mass is 249 g/mol. The maximum absolute atomic E-state index is 9.50. The molecular formula is C12H12ClN3O. The molecule has 0 aliphatic heterocycles. The van der Waals surface area contributed by atoms with E-state index in [2.05, 4.69) is 15.0 Å². The fraction of sp³-hybridized carbons (Fsp3) is 0.250. The van der Waals surface area contributed by atoms with Crippen molar-refractivity contribution in [2.24, 2.45) is 0 Å². The Balaban J connectivity index is 2.49. The number of pyridine rings is 1. The second-order valence-electron chi connectivity index (χ2n) is 3.74. The first-order chi connectivity index (χ1) is 8.09. The van der Waals surface area contributed by atoms with Crippen molar-refractivity contribution in [2.75, 3.05) is 0 Å². The highest BCUT2D eigenvalue weighted by Gasteiger charge is 2.11. The molecule has 1 N–H and O–H groups in total. The molecule has 88 valence electrons. The van der Waals surface area contributed by atoms with E-state index in [1.165, 1.54) is 0 Å². The number of aliphatic hydroxyl groups excluding tert-OH is 1. The van der Waals surface area contributed by atoms with Gasteiger partial charge in [0.05, 0.1) is 11.1 Å². The Morgan fingerprint density at radius 2 is 2.12 bits per heavy atom. The average Bonchev–Trinajstić information content (AvgIpc) is 2.29. The maximum atomic E-state index is 9.50. The van der Waals surface area contributed by atoms with Crippen molar-refractivity contribution >= 4 is 11.6 Å². The van der Waals surface area contributed by atoms with E-state index in [1.54, 1.807) is 31.5 Å². The highest BCUT2D eigenvalue weighted by atomic mass is 35.5. The topological polar surface area (TPSA) is 58.9 Å². The molecule has 2 heterocycles. The lowest BCUT2D eigenvalue weighted by Gasteiger charge is -2.09. The normalized spacial score (nSPS) is 12.5. The lowest BCUT2D eigenvalue weighted by molar-refractivity contribution is 0.197. The molecule has 4 nitrogen and oxygen atoms in total. The molecule has 0 unspecified atom stereocenters. The fourth-order valence-electron chi connectivity index (χ4n) is 1.55. The molecule has 0 bridgehead atoms. The van der Waals surface area contributed by atoms with Crippen LogP contribution in [0.4, 0.5) is 0 Å². The zero-order valence-corrected chi connectivity index (χ0v) is 10.3. The largest absolute Gasteiger partial charge is 0.389 e. The molecule has 1 atom stereocenters. The van der Waals surface area contributed by atoms with Crippen LogP contribution in [0.5, 0.6) is 0 Å². The second-order valence-corrected chi connectivity index (χ2v) is 4.15. The number of halogens is 1. The van der Waals surface area contributed by atoms with Crippen molar-refractivity contribution < 1.29 is 5.11 Å². The van der Waals surface area contributed by atoms with Gasteiger partial charge < -0.3 is 5.11 Å². The Morgan fingerprint density at radius 1 is 1.35 bits per heavy atom. The Hall–Kier alpha value is -1.52. The number of nitrogens with zero attached hydrogens (tertiary/aromatic N) is 3. The van der Waals surface area contributed by atoms with E-state index in [0.717, 1.165) is 5.69 Å². The third kappa shape index (κ3) is 2.43. The minimum Gasteiger partial charge on any atom is -0.389 e. The van der Waals surface area contributed by atoms with Crippen LogP contribution in [0.15, 0.2) is 24.5 Å². The van der Waals surface area contributed by atoms with Crippen LogP contribution in [0.25, 0.3) is 11.5 Å². The number of hydrogen-bond donors (Lipinski definition) is 1. The second kappa shape index (κ2) is 4.77. The lowest BCUT2D eigenvalue weighted by Crippen LogP contribution is -2.02. The van der Waals surface area contributed by atoms with E-state index in [9.17, 15) is 5.11 Å². The van der Waals surface area contributed by atoms with Gasteiger partial charge in [-0.3, -0.25) is 4.98 Å². The van der Waals surface area contributed by atoms with Gasteiger partial charge in [0.2, 0.25) is 0 Å². The Morgan fingerprint density at radius 3 is 2.71 bits per heavy atom. The highest BCUT2D eigenvalue weighted by Crippen LogP contribution is 2.23. The van der Waals surface area contributed by atoms with Crippen LogP contribution >= 0.6 is 11.6 Å². The van der Waals surface area contributed by atoms with Crippen molar-refractivity contribution in [3.63, 3.8) is 0 Å². The van der Waals surface area contributed by atoms with Crippen LogP contribution in [0.2, 0.25) is 5.02 Å². The van der Waals surface area contributed by atoms with Crippen LogP contribution in [0.1, 0.15) is 24.3 Å². The van der Waals surface area contributed by atoms with Crippen molar-refractivity contribution in [3.8, 4) is 11.5 Å². The van der Waals surface area contributed by atoms with E-state index in [0.29, 0.717) is 22.1 Å². The molecule has 0 aliphatic rings. The summed E-state index contributed by atoms with van der Waals surface area (Å²) in [6, 6.07) is 3.49. The predicted molar refractivity (Wildman–Crippen MR) is 65.6 cm³/mol. The van der Waals surface area contributed by atoms with Gasteiger partial charge in [-0.1, -0.05) is 11.6 Å². The average molecular weight is 250 g/mol. The highest BCUT2D eigenvalue weighted by molar-refractivity contribution is 6.32. The molecule has 0 aliphatic carbocycles. The Labute approximate surface area is 104 Å². The third-order valence-electron chi connectivity index (χ3n) is 2.44. The summed E-state index contributed by atoms with van der Waals surface area (Å²) in [4.78, 5) is 12.6. The smallest absolute Gasteiger partial charge is 0.179 e. The van der Waals surface area contributed by atoms with Crippen molar-refractivity contribution in [2.45, 2.75) is 20.0 Å². The zero-order chi connectivity index (χ0) is 12.4. The summed E-state index contributed by atoms with van der Waals surface area (Å²) in [5, 5.41) is 10.0. The fourth-order valence-corrected chi connectivity index (χ4v) is 1.76. The van der Waals surface area contributed by atoms with E-state index in [4.69, 9.17) is 11.6 Å². The van der Waals surface area contributed by atoms with Crippen LogP contribution in [-0.2, 0) is 0 Å². The van der Waals surface area contributed by atoms with Gasteiger partial charge in [0.15, 0.2) is 5.82 Å². The van der Waals surface area contributed by atoms with Crippen LogP contribution in [-0.4, -0.2) is 20.1 Å². The van der Waals surface area contributed by atoms with Crippen molar-refractivity contribution in [1.82, 2.24) is 15.0 Å². The molecule has 0 saturated heterocycles. The Kier molecular flexibility index (Phi) is 3.36. The molecule has 0 saturated carbocycles. The summed E-state index contributed by atoms with van der Waals surface area (Å²) in [5.74, 6) is 0.470. The number of aromatic nitrogens is 3. The molecular weight excluding hydrogens is 238 g/mol. The molecule has 0 fully saturated rings. The van der Waals surface area contributed by atoms with Gasteiger partial charge in [-0.2, -0.15) is 0 Å². The Bertz CT molecular complexity index is 543. The first-order valence-electron chi connectivity index (χ1n) is 5.22. The lowest BCUT2D eigenvalue weighted by atomic mass is 10.1. The van der Waals surface area contributed by atoms with Gasteiger partial charge in [-0.15, -0.1) is 0 Å². The molecule has 2 aromatic heterocycles. The summed E-state index contributed by atoms with van der Waals surface area (Å²) < 4.78 is 0. The molecule has 0 radical (unpaired) electrons. The van der Waals surface area contributed by atoms with E-state index in [-0.39, 0.29) is 0 Å². The van der Waals surface area contributed by atoms with Crippen LogP contribution in [0, 0.1) is 6.92 Å². The maximum Gasteiger partial charge on any atom is 0.179 e. The first kappa shape index (κ1) is 12.0. The number of rotatable bonds is 2. The van der Waals surface area contributed by atoms with Gasteiger partial charge >= 0.3 is 0 Å². The summed E-state index contributed by atoms with van der Waals surface area (Å²) in [6.07, 6.45) is 2.67. The summed E-state index contributed by atoms with van der Waals surface area (Å²) in [5.41, 5.74) is 1.99. The molecule has 0 amide bonds. The molecule has 5 heteroatoms. The predicted octanol–water partition coefficient (Wildman–Crippen LogP) is 2.55. The molecule has 17 heavy (non-hydrogen) atoms. The van der Waals surface area contributed by atoms with Gasteiger partial charge in [-0.25, -0.2) is 9.97 Å². The van der Waals surface area contributed by atoms with Gasteiger partial charge in [0.25, 0.3) is 0 Å². The summed E-state index contributed by atoms with van der Waals surface area (Å²) in [7, 11) is 0. The molecule has 0 spiro atoms. The summed E-state index contributed by atoms with van der Waals surface area (Å²) in [6.45, 7) is 3.50. The van der Waals surface area contributed by atoms with Crippen molar-refractivity contribution in [3.05, 3.63) is 40.8 Å². The zero-order valence-electron chi connectivity index (χ0n) is 9.55. The van der Waals surface area contributed by atoms with Crippen molar-refractivity contribution in [1.29, 1.82) is 0 Å². The SMILES string of the molecule is Cc1nc(-c2ncccc2Cl)ncc1[C@H](C)O. The minimum atomic E-state index is -0.580.